The summed E-state index contributed by atoms with van der Waals surface area (Å²) in [6.45, 7) is 5.33. The van der Waals surface area contributed by atoms with Crippen LogP contribution in [0.25, 0.3) is 0 Å². The lowest BCUT2D eigenvalue weighted by Gasteiger charge is -2.39. The Morgan fingerprint density at radius 2 is 1.77 bits per heavy atom. The third-order valence-corrected chi connectivity index (χ3v) is 6.16. The van der Waals surface area contributed by atoms with Gasteiger partial charge in [-0.1, -0.05) is 26.2 Å². The van der Waals surface area contributed by atoms with E-state index in [-0.39, 0.29) is 5.91 Å². The second-order valence-corrected chi connectivity index (χ2v) is 7.30. The number of hydrogen-bond donors (Lipinski definition) is 0. The van der Waals surface area contributed by atoms with Crippen molar-refractivity contribution in [3.63, 3.8) is 0 Å². The van der Waals surface area contributed by atoms with Crippen molar-refractivity contribution < 1.29 is 4.79 Å². The van der Waals surface area contributed by atoms with E-state index in [4.69, 9.17) is 0 Å². The molecule has 0 spiro atoms. The minimum absolute atomic E-state index is 0.153. The predicted molar refractivity (Wildman–Crippen MR) is 86.1 cm³/mol. The third-order valence-electron chi connectivity index (χ3n) is 6.16. The maximum Gasteiger partial charge on any atom is 0.243 e. The maximum absolute atomic E-state index is 13.2. The summed E-state index contributed by atoms with van der Waals surface area (Å²) < 4.78 is 0. The van der Waals surface area contributed by atoms with Crippen LogP contribution in [0.5, 0.6) is 0 Å². The molecule has 122 valence electrons. The molecule has 0 aromatic heterocycles. The van der Waals surface area contributed by atoms with Crippen LogP contribution in [0.4, 0.5) is 0 Å². The van der Waals surface area contributed by atoms with Gasteiger partial charge in [-0.3, -0.25) is 9.69 Å². The molecule has 0 radical (unpaired) electrons. The number of carbonyl (C=O) groups is 1. The highest BCUT2D eigenvalue weighted by Crippen LogP contribution is 2.40. The highest BCUT2D eigenvalue weighted by atomic mass is 16.2. The van der Waals surface area contributed by atoms with Crippen LogP contribution in [0.15, 0.2) is 0 Å². The van der Waals surface area contributed by atoms with Crippen molar-refractivity contribution in [2.45, 2.75) is 76.8 Å². The van der Waals surface area contributed by atoms with Gasteiger partial charge in [-0.2, -0.15) is 5.26 Å². The fourth-order valence-electron chi connectivity index (χ4n) is 4.93. The number of carbonyl (C=O) groups excluding carboxylic acids is 1. The second-order valence-electron chi connectivity index (χ2n) is 7.30. The van der Waals surface area contributed by atoms with Crippen molar-refractivity contribution in [1.29, 1.82) is 5.26 Å². The molecule has 0 aromatic carbocycles. The van der Waals surface area contributed by atoms with Gasteiger partial charge < -0.3 is 4.90 Å². The van der Waals surface area contributed by atoms with Gasteiger partial charge in [0.05, 0.1) is 6.07 Å². The van der Waals surface area contributed by atoms with Crippen molar-refractivity contribution in [3.8, 4) is 6.07 Å². The van der Waals surface area contributed by atoms with E-state index in [0.717, 1.165) is 51.6 Å². The molecular formula is C18H29N3O. The zero-order valence-corrected chi connectivity index (χ0v) is 13.9. The molecule has 2 atom stereocenters. The molecular weight excluding hydrogens is 274 g/mol. The van der Waals surface area contributed by atoms with Crippen LogP contribution < -0.4 is 0 Å². The van der Waals surface area contributed by atoms with Gasteiger partial charge in [-0.05, 0) is 51.6 Å². The highest BCUT2D eigenvalue weighted by Gasteiger charge is 2.47. The maximum atomic E-state index is 13.2. The molecule has 4 heteroatoms. The Morgan fingerprint density at radius 1 is 1.09 bits per heavy atom. The molecule has 3 rings (SSSR count). The number of likely N-dealkylation sites (N-methyl/N-ethyl adjacent to an activating group) is 1. The minimum atomic E-state index is -0.712. The summed E-state index contributed by atoms with van der Waals surface area (Å²) in [5.74, 6) is 0.153. The SMILES string of the molecule is CCN1CCC[C@H]1[C@@H]1CCCN1C(=O)C1(C#N)CCCCC1. The first-order valence-electron chi connectivity index (χ1n) is 9.18. The van der Waals surface area contributed by atoms with Crippen molar-refractivity contribution in [2.24, 2.45) is 5.41 Å². The molecule has 0 unspecified atom stereocenters. The third kappa shape index (κ3) is 2.65. The second kappa shape index (κ2) is 6.58. The van der Waals surface area contributed by atoms with Crippen LogP contribution in [-0.4, -0.2) is 47.4 Å². The molecule has 4 nitrogen and oxygen atoms in total. The van der Waals surface area contributed by atoms with Crippen LogP contribution in [0.2, 0.25) is 0 Å². The smallest absolute Gasteiger partial charge is 0.243 e. The Morgan fingerprint density at radius 3 is 2.45 bits per heavy atom. The van der Waals surface area contributed by atoms with Gasteiger partial charge in [0.15, 0.2) is 0 Å². The quantitative estimate of drug-likeness (QED) is 0.805. The fraction of sp³-hybridized carbons (Fsp3) is 0.889. The first kappa shape index (κ1) is 15.8. The van der Waals surface area contributed by atoms with Gasteiger partial charge in [0.2, 0.25) is 5.91 Å². The molecule has 3 fully saturated rings. The molecule has 2 aliphatic heterocycles. The molecule has 3 aliphatic rings. The number of amides is 1. The zero-order chi connectivity index (χ0) is 15.6. The van der Waals surface area contributed by atoms with Crippen molar-refractivity contribution in [1.82, 2.24) is 9.80 Å². The normalized spacial score (nSPS) is 32.1. The number of hydrogen-bond acceptors (Lipinski definition) is 3. The Kier molecular flexibility index (Phi) is 4.73. The molecule has 1 amide bonds. The Hall–Kier alpha value is -1.08. The minimum Gasteiger partial charge on any atom is -0.337 e. The van der Waals surface area contributed by atoms with E-state index < -0.39 is 5.41 Å². The molecule has 0 aromatic rings. The first-order chi connectivity index (χ1) is 10.7. The summed E-state index contributed by atoms with van der Waals surface area (Å²) in [5, 5.41) is 9.71. The average molecular weight is 303 g/mol. The van der Waals surface area contributed by atoms with Gasteiger partial charge in [-0.15, -0.1) is 0 Å². The topological polar surface area (TPSA) is 47.3 Å². The van der Waals surface area contributed by atoms with E-state index in [1.165, 1.54) is 25.8 Å². The van der Waals surface area contributed by atoms with E-state index in [1.54, 1.807) is 0 Å². The van der Waals surface area contributed by atoms with Crippen molar-refractivity contribution >= 4 is 5.91 Å². The number of nitriles is 1. The summed E-state index contributed by atoms with van der Waals surface area (Å²) in [5.41, 5.74) is -0.712. The number of likely N-dealkylation sites (tertiary alicyclic amines) is 2. The Balaban J connectivity index is 1.77. The van der Waals surface area contributed by atoms with Crippen molar-refractivity contribution in [3.05, 3.63) is 0 Å². The lowest BCUT2D eigenvalue weighted by molar-refractivity contribution is -0.142. The molecule has 0 N–H and O–H groups in total. The van der Waals surface area contributed by atoms with Gasteiger partial charge in [-0.25, -0.2) is 0 Å². The Labute approximate surface area is 134 Å². The van der Waals surface area contributed by atoms with Crippen LogP contribution >= 0.6 is 0 Å². The zero-order valence-electron chi connectivity index (χ0n) is 13.9. The Bertz CT molecular complexity index is 450. The number of nitrogens with zero attached hydrogens (tertiary/aromatic N) is 3. The summed E-state index contributed by atoms with van der Waals surface area (Å²) >= 11 is 0. The van der Waals surface area contributed by atoms with Crippen LogP contribution in [0.3, 0.4) is 0 Å². The van der Waals surface area contributed by atoms with Crippen LogP contribution in [0.1, 0.15) is 64.7 Å². The fourth-order valence-corrected chi connectivity index (χ4v) is 4.93. The molecule has 1 aliphatic carbocycles. The van der Waals surface area contributed by atoms with E-state index >= 15 is 0 Å². The molecule has 2 heterocycles. The summed E-state index contributed by atoms with van der Waals surface area (Å²) in [6.07, 6.45) is 9.46. The van der Waals surface area contributed by atoms with Gasteiger partial charge in [0, 0.05) is 18.6 Å². The lowest BCUT2D eigenvalue weighted by atomic mass is 9.74. The van der Waals surface area contributed by atoms with Gasteiger partial charge >= 0.3 is 0 Å². The summed E-state index contributed by atoms with van der Waals surface area (Å²) in [7, 11) is 0. The average Bonchev–Trinajstić information content (AvgIpc) is 3.22. The molecule has 2 saturated heterocycles. The van der Waals surface area contributed by atoms with Gasteiger partial charge in [0.25, 0.3) is 0 Å². The predicted octanol–water partition coefficient (Wildman–Crippen LogP) is 2.94. The largest absolute Gasteiger partial charge is 0.337 e. The molecule has 22 heavy (non-hydrogen) atoms. The van der Waals surface area contributed by atoms with Gasteiger partial charge in [0.1, 0.15) is 5.41 Å². The number of rotatable bonds is 3. The highest BCUT2D eigenvalue weighted by molar-refractivity contribution is 5.86. The summed E-state index contributed by atoms with van der Waals surface area (Å²) in [4.78, 5) is 17.8. The lowest BCUT2D eigenvalue weighted by Crippen LogP contribution is -2.52. The standard InChI is InChI=1S/C18H29N3O/c1-2-20-12-6-8-15(20)16-9-7-13-21(16)17(22)18(14-19)10-4-3-5-11-18/h15-16H,2-13H2,1H3/t15-,16-/m0/s1. The van der Waals surface area contributed by atoms with Crippen molar-refractivity contribution in [2.75, 3.05) is 19.6 Å². The first-order valence-corrected chi connectivity index (χ1v) is 9.18. The molecule has 1 saturated carbocycles. The van der Waals surface area contributed by atoms with E-state index in [2.05, 4.69) is 22.8 Å². The monoisotopic (exact) mass is 303 g/mol. The van der Waals surface area contributed by atoms with Crippen LogP contribution in [-0.2, 0) is 4.79 Å². The van der Waals surface area contributed by atoms with E-state index in [1.807, 2.05) is 0 Å². The van der Waals surface area contributed by atoms with Crippen LogP contribution in [0, 0.1) is 16.7 Å². The van der Waals surface area contributed by atoms with E-state index in [0.29, 0.717) is 12.1 Å². The summed E-state index contributed by atoms with van der Waals surface area (Å²) in [6, 6.07) is 3.30. The molecule has 0 bridgehead atoms. The van der Waals surface area contributed by atoms with E-state index in [9.17, 15) is 10.1 Å².